The summed E-state index contributed by atoms with van der Waals surface area (Å²) in [5, 5.41) is 2.70. The van der Waals surface area contributed by atoms with E-state index in [1.54, 1.807) is 12.1 Å². The van der Waals surface area contributed by atoms with Crippen LogP contribution in [0, 0.1) is 0 Å². The number of rotatable bonds is 3. The van der Waals surface area contributed by atoms with Gasteiger partial charge in [0.15, 0.2) is 0 Å². The Bertz CT molecular complexity index is 805. The van der Waals surface area contributed by atoms with E-state index in [-0.39, 0.29) is 11.5 Å². The van der Waals surface area contributed by atoms with Crippen molar-refractivity contribution in [3.8, 4) is 5.75 Å². The van der Waals surface area contributed by atoms with Crippen LogP contribution in [0.4, 0.5) is 23.7 Å². The second-order valence-corrected chi connectivity index (χ2v) is 5.28. The first kappa shape index (κ1) is 18.6. The van der Waals surface area contributed by atoms with Gasteiger partial charge in [0.25, 0.3) is 0 Å². The van der Waals surface area contributed by atoms with Crippen molar-refractivity contribution in [3.05, 3.63) is 58.6 Å². The highest BCUT2D eigenvalue weighted by Gasteiger charge is 2.29. The molecule has 0 aliphatic heterocycles. The molecule has 0 fully saturated rings. The molecule has 0 saturated heterocycles. The molecule has 2 aromatic rings. The topological polar surface area (TPSA) is 76.7 Å². The van der Waals surface area contributed by atoms with Crippen molar-refractivity contribution >= 4 is 29.2 Å². The summed E-state index contributed by atoms with van der Waals surface area (Å²) in [6.07, 6.45) is -4.45. The second-order valence-electron chi connectivity index (χ2n) is 4.85. The third-order valence-electron chi connectivity index (χ3n) is 3.12. The Morgan fingerprint density at radius 2 is 1.84 bits per heavy atom. The van der Waals surface area contributed by atoms with Crippen molar-refractivity contribution in [2.24, 2.45) is 10.7 Å². The minimum Gasteiger partial charge on any atom is -0.496 e. The monoisotopic (exact) mass is 371 g/mol. The van der Waals surface area contributed by atoms with E-state index in [4.69, 9.17) is 22.1 Å². The molecule has 25 heavy (non-hydrogen) atoms. The summed E-state index contributed by atoms with van der Waals surface area (Å²) >= 11 is 5.88. The number of hydrogen-bond acceptors (Lipinski definition) is 2. The number of alkyl halides is 3. The van der Waals surface area contributed by atoms with Gasteiger partial charge < -0.3 is 15.8 Å². The van der Waals surface area contributed by atoms with Gasteiger partial charge in [-0.2, -0.15) is 18.2 Å². The van der Waals surface area contributed by atoms with Crippen molar-refractivity contribution in [3.63, 3.8) is 0 Å². The Morgan fingerprint density at radius 1 is 1.20 bits per heavy atom. The highest BCUT2D eigenvalue weighted by Crippen LogP contribution is 2.29. The molecule has 0 bridgehead atoms. The lowest BCUT2D eigenvalue weighted by atomic mass is 10.2. The van der Waals surface area contributed by atoms with Gasteiger partial charge in [0.05, 0.1) is 18.2 Å². The van der Waals surface area contributed by atoms with Crippen LogP contribution in [0.25, 0.3) is 0 Å². The fourth-order valence-corrected chi connectivity index (χ4v) is 2.12. The van der Waals surface area contributed by atoms with E-state index in [9.17, 15) is 18.0 Å². The summed E-state index contributed by atoms with van der Waals surface area (Å²) in [6, 6.07) is 7.71. The molecule has 0 aromatic heterocycles. The van der Waals surface area contributed by atoms with Gasteiger partial charge in [-0.3, -0.25) is 0 Å². The van der Waals surface area contributed by atoms with Crippen LogP contribution in [0.15, 0.2) is 47.5 Å². The zero-order chi connectivity index (χ0) is 18.6. The van der Waals surface area contributed by atoms with E-state index in [0.29, 0.717) is 16.3 Å². The number of nitrogens with one attached hydrogen (secondary N) is 1. The molecule has 0 saturated carbocycles. The number of amides is 2. The van der Waals surface area contributed by atoms with Gasteiger partial charge in [-0.15, -0.1) is 0 Å². The summed E-state index contributed by atoms with van der Waals surface area (Å²) in [4.78, 5) is 15.5. The van der Waals surface area contributed by atoms with Crippen LogP contribution in [0.5, 0.6) is 5.75 Å². The fourth-order valence-electron chi connectivity index (χ4n) is 1.94. The number of carbonyl (C=O) groups is 1. The average molecular weight is 372 g/mol. The molecule has 0 unspecified atom stereocenters. The molecule has 2 aromatic carbocycles. The summed E-state index contributed by atoms with van der Waals surface area (Å²) in [6.45, 7) is 0. The van der Waals surface area contributed by atoms with E-state index < -0.39 is 17.8 Å². The normalized spacial score (nSPS) is 12.0. The predicted molar refractivity (Wildman–Crippen MR) is 89.2 cm³/mol. The maximum absolute atomic E-state index is 12.5. The van der Waals surface area contributed by atoms with Crippen LogP contribution in [-0.2, 0) is 6.18 Å². The van der Waals surface area contributed by atoms with Gasteiger partial charge in [0.1, 0.15) is 11.6 Å². The number of anilines is 1. The van der Waals surface area contributed by atoms with Crippen LogP contribution in [0.2, 0.25) is 5.02 Å². The number of methoxy groups -OCH3 is 1. The Balaban J connectivity index is 2.16. The van der Waals surface area contributed by atoms with Crippen LogP contribution in [0.3, 0.4) is 0 Å². The van der Waals surface area contributed by atoms with E-state index in [0.717, 1.165) is 24.3 Å². The summed E-state index contributed by atoms with van der Waals surface area (Å²) in [5.74, 6) is 0.219. The van der Waals surface area contributed by atoms with Crippen molar-refractivity contribution in [1.29, 1.82) is 0 Å². The molecule has 3 N–H and O–H groups in total. The number of ether oxygens (including phenoxy) is 1. The van der Waals surface area contributed by atoms with Crippen molar-refractivity contribution in [2.45, 2.75) is 6.18 Å². The highest BCUT2D eigenvalue weighted by atomic mass is 35.5. The molecule has 9 heteroatoms. The number of benzene rings is 2. The Kier molecular flexibility index (Phi) is 5.53. The molecule has 0 heterocycles. The molecule has 0 atom stereocenters. The lowest BCUT2D eigenvalue weighted by Crippen LogP contribution is -2.19. The van der Waals surface area contributed by atoms with Gasteiger partial charge >= 0.3 is 12.2 Å². The number of nitrogens with zero attached hydrogens (tertiary/aromatic N) is 1. The third kappa shape index (κ3) is 4.87. The molecule has 0 radical (unpaired) electrons. The smallest absolute Gasteiger partial charge is 0.416 e. The molecule has 5 nitrogen and oxygen atoms in total. The summed E-state index contributed by atoms with van der Waals surface area (Å²) < 4.78 is 42.6. The number of urea groups is 1. The first-order chi connectivity index (χ1) is 11.7. The quantitative estimate of drug-likeness (QED) is 0.623. The number of hydrogen-bond donors (Lipinski definition) is 2. The molecule has 0 aliphatic carbocycles. The maximum Gasteiger partial charge on any atom is 0.416 e. The lowest BCUT2D eigenvalue weighted by molar-refractivity contribution is -0.137. The zero-order valence-corrected chi connectivity index (χ0v) is 13.7. The third-order valence-corrected chi connectivity index (χ3v) is 3.36. The van der Waals surface area contributed by atoms with Crippen molar-refractivity contribution in [1.82, 2.24) is 0 Å². The number of aliphatic imine (C=N–C) groups is 1. The Labute approximate surface area is 146 Å². The molecule has 132 valence electrons. The number of halogens is 4. The van der Waals surface area contributed by atoms with E-state index in [1.165, 1.54) is 13.2 Å². The highest BCUT2D eigenvalue weighted by molar-refractivity contribution is 6.31. The van der Waals surface area contributed by atoms with Gasteiger partial charge in [-0.25, -0.2) is 4.79 Å². The molecular formula is C16H13ClF3N3O2. The Hall–Kier alpha value is -2.74. The van der Waals surface area contributed by atoms with E-state index in [2.05, 4.69) is 10.3 Å². The fraction of sp³-hybridized carbons (Fsp3) is 0.125. The molecular weight excluding hydrogens is 359 g/mol. The largest absolute Gasteiger partial charge is 0.496 e. The van der Waals surface area contributed by atoms with Crippen LogP contribution in [-0.4, -0.2) is 19.0 Å². The standard InChI is InChI=1S/C16H13ClF3N3O2/c1-25-13-7-4-10(17)8-12(13)14(21)23-15(24)22-11-5-2-9(3-6-11)16(18,19)20/h2-8H,1H3,(H3,21,22,23,24). The number of amidine groups is 1. The number of nitrogens with two attached hydrogens (primary N) is 1. The van der Waals surface area contributed by atoms with E-state index in [1.807, 2.05) is 0 Å². The van der Waals surface area contributed by atoms with Crippen LogP contribution in [0.1, 0.15) is 11.1 Å². The van der Waals surface area contributed by atoms with Gasteiger partial charge in [-0.1, -0.05) is 11.6 Å². The lowest BCUT2D eigenvalue weighted by Gasteiger charge is -2.09. The van der Waals surface area contributed by atoms with Crippen LogP contribution < -0.4 is 15.8 Å². The molecule has 2 amide bonds. The van der Waals surface area contributed by atoms with Crippen LogP contribution >= 0.6 is 11.6 Å². The molecule has 2 rings (SSSR count). The second kappa shape index (κ2) is 7.43. The first-order valence-corrected chi connectivity index (χ1v) is 7.25. The minimum absolute atomic E-state index is 0.146. The van der Waals surface area contributed by atoms with Gasteiger partial charge in [0, 0.05) is 10.7 Å². The van der Waals surface area contributed by atoms with E-state index >= 15 is 0 Å². The summed E-state index contributed by atoms with van der Waals surface area (Å²) in [7, 11) is 1.42. The molecule has 0 spiro atoms. The SMILES string of the molecule is COc1ccc(Cl)cc1/C(N)=N/C(=O)Nc1ccc(C(F)(F)F)cc1. The Morgan fingerprint density at radius 3 is 2.40 bits per heavy atom. The van der Waals surface area contributed by atoms with Crippen molar-refractivity contribution < 1.29 is 22.7 Å². The van der Waals surface area contributed by atoms with Crippen molar-refractivity contribution in [2.75, 3.05) is 12.4 Å². The number of carbonyl (C=O) groups excluding carboxylic acids is 1. The minimum atomic E-state index is -4.45. The molecule has 0 aliphatic rings. The summed E-state index contributed by atoms with van der Waals surface area (Å²) in [5.41, 5.74) is 5.42. The first-order valence-electron chi connectivity index (χ1n) is 6.87. The zero-order valence-electron chi connectivity index (χ0n) is 12.9. The predicted octanol–water partition coefficient (Wildman–Crippen LogP) is 4.30. The maximum atomic E-state index is 12.5. The van der Waals surface area contributed by atoms with Gasteiger partial charge in [-0.05, 0) is 42.5 Å². The van der Waals surface area contributed by atoms with Gasteiger partial charge in [0.2, 0.25) is 0 Å². The average Bonchev–Trinajstić information content (AvgIpc) is 2.54.